The van der Waals surface area contributed by atoms with Crippen LogP contribution < -0.4 is 10.6 Å². The summed E-state index contributed by atoms with van der Waals surface area (Å²) in [6, 6.07) is 6.66. The molecule has 0 heterocycles. The smallest absolute Gasteiger partial charge is 0.253 e. The molecule has 0 saturated carbocycles. The molecular weight excluding hydrogens is 328 g/mol. The number of carbonyl (C=O) groups excluding carboxylic acids is 2. The van der Waals surface area contributed by atoms with E-state index in [1.807, 2.05) is 20.8 Å². The lowest BCUT2D eigenvalue weighted by atomic mass is 10.1. The molecule has 0 unspecified atom stereocenters. The lowest BCUT2D eigenvalue weighted by Gasteiger charge is -2.21. The number of para-hydroxylation sites is 1. The number of benzene rings is 1. The average Bonchev–Trinajstić information content (AvgIpc) is 2.52. The Morgan fingerprint density at radius 3 is 2.48 bits per heavy atom. The van der Waals surface area contributed by atoms with Gasteiger partial charge in [0.05, 0.1) is 24.3 Å². The Labute approximate surface area is 147 Å². The maximum atomic E-state index is 12.6. The van der Waals surface area contributed by atoms with Crippen LogP contribution in [0.5, 0.6) is 0 Å². The number of rotatable bonds is 10. The first-order valence-corrected chi connectivity index (χ1v) is 8.51. The summed E-state index contributed by atoms with van der Waals surface area (Å²) in [7, 11) is 0. The summed E-state index contributed by atoms with van der Waals surface area (Å²) in [5.74, 6) is -0.386. The Morgan fingerprint density at radius 2 is 1.88 bits per heavy atom. The van der Waals surface area contributed by atoms with E-state index < -0.39 is 18.9 Å². The van der Waals surface area contributed by atoms with E-state index in [1.54, 1.807) is 24.3 Å². The van der Waals surface area contributed by atoms with Crippen LogP contribution >= 0.6 is 0 Å². The zero-order chi connectivity index (χ0) is 18.8. The third-order valence-corrected chi connectivity index (χ3v) is 3.42. The molecule has 2 N–H and O–H groups in total. The lowest BCUT2D eigenvalue weighted by molar-refractivity contribution is -0.117. The highest BCUT2D eigenvalue weighted by atomic mass is 19.3. The van der Waals surface area contributed by atoms with Crippen molar-refractivity contribution in [2.24, 2.45) is 5.92 Å². The summed E-state index contributed by atoms with van der Waals surface area (Å²) in [6.07, 6.45) is -1.82. The summed E-state index contributed by atoms with van der Waals surface area (Å²) >= 11 is 0. The predicted octanol–water partition coefficient (Wildman–Crippen LogP) is 2.99. The van der Waals surface area contributed by atoms with Crippen LogP contribution in [-0.4, -0.2) is 49.3 Å². The average molecular weight is 355 g/mol. The monoisotopic (exact) mass is 355 g/mol. The van der Waals surface area contributed by atoms with Gasteiger partial charge in [-0.1, -0.05) is 32.9 Å². The number of halogens is 2. The molecule has 5 nitrogen and oxygen atoms in total. The molecule has 1 aromatic carbocycles. The van der Waals surface area contributed by atoms with Gasteiger partial charge in [0.1, 0.15) is 0 Å². The molecule has 2 amide bonds. The molecule has 0 aliphatic heterocycles. The second-order valence-electron chi connectivity index (χ2n) is 6.32. The minimum absolute atomic E-state index is 0.139. The van der Waals surface area contributed by atoms with Gasteiger partial charge < -0.3 is 10.6 Å². The molecule has 1 rings (SSSR count). The van der Waals surface area contributed by atoms with Crippen LogP contribution in [0.4, 0.5) is 14.5 Å². The SMILES string of the molecule is CCCN(CC(=O)Nc1ccccc1C(=O)NCC(C)C)CC(F)F. The van der Waals surface area contributed by atoms with Crippen LogP contribution in [0.2, 0.25) is 0 Å². The van der Waals surface area contributed by atoms with Gasteiger partial charge in [-0.15, -0.1) is 0 Å². The zero-order valence-corrected chi connectivity index (χ0v) is 15.0. The summed E-state index contributed by atoms with van der Waals surface area (Å²) < 4.78 is 25.2. The van der Waals surface area contributed by atoms with Crippen molar-refractivity contribution >= 4 is 17.5 Å². The van der Waals surface area contributed by atoms with Gasteiger partial charge in [-0.2, -0.15) is 0 Å². The molecule has 0 aliphatic rings. The largest absolute Gasteiger partial charge is 0.352 e. The number of nitrogens with one attached hydrogen (secondary N) is 2. The number of anilines is 1. The van der Waals surface area contributed by atoms with E-state index in [1.165, 1.54) is 4.90 Å². The zero-order valence-electron chi connectivity index (χ0n) is 15.0. The van der Waals surface area contributed by atoms with Crippen LogP contribution in [0.15, 0.2) is 24.3 Å². The molecule has 25 heavy (non-hydrogen) atoms. The van der Waals surface area contributed by atoms with Crippen LogP contribution in [0.25, 0.3) is 0 Å². The first-order valence-electron chi connectivity index (χ1n) is 8.51. The molecule has 140 valence electrons. The van der Waals surface area contributed by atoms with E-state index in [2.05, 4.69) is 10.6 Å². The van der Waals surface area contributed by atoms with Crippen LogP contribution in [0.1, 0.15) is 37.6 Å². The first kappa shape index (κ1) is 21.0. The summed E-state index contributed by atoms with van der Waals surface area (Å²) in [4.78, 5) is 25.8. The van der Waals surface area contributed by atoms with Crippen LogP contribution in [-0.2, 0) is 4.79 Å². The highest BCUT2D eigenvalue weighted by Crippen LogP contribution is 2.15. The third-order valence-electron chi connectivity index (χ3n) is 3.42. The van der Waals surface area contributed by atoms with Crippen molar-refractivity contribution in [1.29, 1.82) is 0 Å². The van der Waals surface area contributed by atoms with Gasteiger partial charge in [-0.05, 0) is 31.0 Å². The molecular formula is C18H27F2N3O2. The molecule has 0 atom stereocenters. The number of amides is 2. The molecule has 0 bridgehead atoms. The minimum Gasteiger partial charge on any atom is -0.352 e. The quantitative estimate of drug-likeness (QED) is 0.678. The molecule has 1 aromatic rings. The number of alkyl halides is 2. The van der Waals surface area contributed by atoms with E-state index in [-0.39, 0.29) is 12.5 Å². The van der Waals surface area contributed by atoms with Gasteiger partial charge >= 0.3 is 0 Å². The molecule has 0 aromatic heterocycles. The lowest BCUT2D eigenvalue weighted by Crippen LogP contribution is -2.37. The van der Waals surface area contributed by atoms with E-state index in [0.717, 1.165) is 0 Å². The molecule has 0 spiro atoms. The molecule has 0 radical (unpaired) electrons. The van der Waals surface area contributed by atoms with Crippen molar-refractivity contribution in [3.05, 3.63) is 29.8 Å². The summed E-state index contributed by atoms with van der Waals surface area (Å²) in [5, 5.41) is 5.45. The fourth-order valence-electron chi connectivity index (χ4n) is 2.32. The number of nitrogens with zero attached hydrogens (tertiary/aromatic N) is 1. The van der Waals surface area contributed by atoms with Crippen LogP contribution in [0, 0.1) is 5.92 Å². The Bertz CT molecular complexity index is 565. The topological polar surface area (TPSA) is 61.4 Å². The van der Waals surface area contributed by atoms with Crippen molar-refractivity contribution < 1.29 is 18.4 Å². The van der Waals surface area contributed by atoms with E-state index in [4.69, 9.17) is 0 Å². The second kappa shape index (κ2) is 10.8. The first-order chi connectivity index (χ1) is 11.8. The minimum atomic E-state index is -2.49. The summed E-state index contributed by atoms with van der Waals surface area (Å²) in [6.45, 7) is 6.19. The van der Waals surface area contributed by atoms with Gasteiger partial charge in [0.15, 0.2) is 0 Å². The standard InChI is InChI=1S/C18H27F2N3O2/c1-4-9-23(11-16(19)20)12-17(24)22-15-8-6-5-7-14(15)18(25)21-10-13(2)3/h5-8,13,16H,4,9-12H2,1-3H3,(H,21,25)(H,22,24). The molecule has 0 saturated heterocycles. The molecule has 7 heteroatoms. The van der Waals surface area contributed by atoms with Crippen molar-refractivity contribution in [2.45, 2.75) is 33.6 Å². The molecule has 0 aliphatic carbocycles. The van der Waals surface area contributed by atoms with Crippen molar-refractivity contribution in [2.75, 3.05) is 31.5 Å². The maximum Gasteiger partial charge on any atom is 0.253 e. The Kier molecular flexibility index (Phi) is 9.05. The summed E-state index contributed by atoms with van der Waals surface area (Å²) in [5.41, 5.74) is 0.731. The van der Waals surface area contributed by atoms with Gasteiger partial charge in [0.2, 0.25) is 5.91 Å². The normalized spacial score (nSPS) is 11.2. The molecule has 0 fully saturated rings. The van der Waals surface area contributed by atoms with Crippen molar-refractivity contribution in [3.8, 4) is 0 Å². The Morgan fingerprint density at radius 1 is 1.20 bits per heavy atom. The van der Waals surface area contributed by atoms with Gasteiger partial charge in [-0.25, -0.2) is 8.78 Å². The fourth-order valence-corrected chi connectivity index (χ4v) is 2.32. The highest BCUT2D eigenvalue weighted by molar-refractivity contribution is 6.04. The van der Waals surface area contributed by atoms with Crippen LogP contribution in [0.3, 0.4) is 0 Å². The second-order valence-corrected chi connectivity index (χ2v) is 6.32. The number of hydrogen-bond acceptors (Lipinski definition) is 3. The Hall–Kier alpha value is -2.02. The van der Waals surface area contributed by atoms with Gasteiger partial charge in [0, 0.05) is 6.54 Å². The van der Waals surface area contributed by atoms with E-state index in [0.29, 0.717) is 36.7 Å². The Balaban J connectivity index is 2.74. The number of carbonyl (C=O) groups is 2. The van der Waals surface area contributed by atoms with Crippen molar-refractivity contribution in [3.63, 3.8) is 0 Å². The predicted molar refractivity (Wildman–Crippen MR) is 95.0 cm³/mol. The van der Waals surface area contributed by atoms with Crippen molar-refractivity contribution in [1.82, 2.24) is 10.2 Å². The fraction of sp³-hybridized carbons (Fsp3) is 0.556. The van der Waals surface area contributed by atoms with Gasteiger partial charge in [0.25, 0.3) is 12.3 Å². The van der Waals surface area contributed by atoms with E-state index in [9.17, 15) is 18.4 Å². The van der Waals surface area contributed by atoms with E-state index >= 15 is 0 Å². The highest BCUT2D eigenvalue weighted by Gasteiger charge is 2.17. The van der Waals surface area contributed by atoms with Gasteiger partial charge in [-0.3, -0.25) is 14.5 Å². The number of hydrogen-bond donors (Lipinski definition) is 2. The maximum absolute atomic E-state index is 12.6. The third kappa shape index (κ3) is 8.07.